The second kappa shape index (κ2) is 10.3. The summed E-state index contributed by atoms with van der Waals surface area (Å²) in [6, 6.07) is 13.8. The van der Waals surface area contributed by atoms with Gasteiger partial charge < -0.3 is 19.5 Å². The number of benzene rings is 2. The standard InChI is InChI=1S/C28H37NO7S/c1-19-10-12-22(13-11-19)37(32,33)35-18-20-14-21-16-29(26(30)36-27(2,3)4)17-24(21)28(31,15-20)23-8-6-7-9-25(23)34-5/h6-13,20-21,24,31H,14-18H2,1-5H3. The molecular weight excluding hydrogens is 494 g/mol. The lowest BCUT2D eigenvalue weighted by Crippen LogP contribution is -2.47. The summed E-state index contributed by atoms with van der Waals surface area (Å²) in [7, 11) is -2.39. The van der Waals surface area contributed by atoms with Gasteiger partial charge in [-0.2, -0.15) is 8.42 Å². The van der Waals surface area contributed by atoms with Crippen molar-refractivity contribution in [3.8, 4) is 5.75 Å². The highest BCUT2D eigenvalue weighted by Gasteiger charge is 2.54. The molecule has 2 aromatic rings. The van der Waals surface area contributed by atoms with E-state index in [2.05, 4.69) is 0 Å². The smallest absolute Gasteiger partial charge is 0.410 e. The Bertz CT molecular complexity index is 1220. The van der Waals surface area contributed by atoms with E-state index in [1.807, 2.05) is 45.9 Å². The van der Waals surface area contributed by atoms with Crippen molar-refractivity contribution in [2.45, 2.75) is 56.6 Å². The Morgan fingerprint density at radius 1 is 1.11 bits per heavy atom. The molecular formula is C28H37NO7S. The van der Waals surface area contributed by atoms with E-state index in [0.717, 1.165) is 5.56 Å². The van der Waals surface area contributed by atoms with E-state index in [-0.39, 0.29) is 35.7 Å². The minimum absolute atomic E-state index is 0.0631. The number of carbonyl (C=O) groups is 1. The number of fused-ring (bicyclic) bond motifs is 1. The van der Waals surface area contributed by atoms with Crippen molar-refractivity contribution in [1.82, 2.24) is 4.90 Å². The van der Waals surface area contributed by atoms with Crippen LogP contribution in [0.1, 0.15) is 44.7 Å². The molecule has 0 aromatic heterocycles. The van der Waals surface area contributed by atoms with Crippen molar-refractivity contribution in [3.05, 3.63) is 59.7 Å². The largest absolute Gasteiger partial charge is 0.496 e. The van der Waals surface area contributed by atoms with Gasteiger partial charge in [0.2, 0.25) is 0 Å². The van der Waals surface area contributed by atoms with Gasteiger partial charge in [0.15, 0.2) is 0 Å². The van der Waals surface area contributed by atoms with Crippen molar-refractivity contribution < 1.29 is 32.0 Å². The number of aryl methyl sites for hydroxylation is 1. The van der Waals surface area contributed by atoms with E-state index in [9.17, 15) is 18.3 Å². The zero-order chi connectivity index (χ0) is 27.0. The number of para-hydroxylation sites is 1. The molecule has 4 unspecified atom stereocenters. The maximum Gasteiger partial charge on any atom is 0.410 e. The minimum atomic E-state index is -3.95. The minimum Gasteiger partial charge on any atom is -0.496 e. The first-order valence-corrected chi connectivity index (χ1v) is 14.0. The molecule has 1 aliphatic heterocycles. The Balaban J connectivity index is 1.60. The third kappa shape index (κ3) is 5.94. The predicted octanol–water partition coefficient (Wildman–Crippen LogP) is 4.49. The molecule has 4 atom stereocenters. The van der Waals surface area contributed by atoms with E-state index < -0.39 is 27.4 Å². The Labute approximate surface area is 219 Å². The van der Waals surface area contributed by atoms with Crippen molar-refractivity contribution in [2.24, 2.45) is 17.8 Å². The number of aliphatic hydroxyl groups is 1. The Kier molecular flexibility index (Phi) is 7.61. The molecule has 2 aliphatic rings. The molecule has 2 fully saturated rings. The average Bonchev–Trinajstić information content (AvgIpc) is 3.28. The molecule has 1 heterocycles. The van der Waals surface area contributed by atoms with Crippen LogP contribution in [0.5, 0.6) is 5.75 Å². The number of methoxy groups -OCH3 is 1. The van der Waals surface area contributed by atoms with Crippen LogP contribution in [0.15, 0.2) is 53.4 Å². The van der Waals surface area contributed by atoms with Gasteiger partial charge in [0.25, 0.3) is 10.1 Å². The molecule has 0 radical (unpaired) electrons. The van der Waals surface area contributed by atoms with Gasteiger partial charge in [-0.1, -0.05) is 35.9 Å². The van der Waals surface area contributed by atoms with Gasteiger partial charge in [-0.05, 0) is 70.6 Å². The summed E-state index contributed by atoms with van der Waals surface area (Å²) in [5.41, 5.74) is -0.391. The first kappa shape index (κ1) is 27.4. The van der Waals surface area contributed by atoms with Gasteiger partial charge in [-0.25, -0.2) is 4.79 Å². The van der Waals surface area contributed by atoms with Gasteiger partial charge in [0, 0.05) is 24.6 Å². The van der Waals surface area contributed by atoms with Gasteiger partial charge in [0.1, 0.15) is 11.4 Å². The van der Waals surface area contributed by atoms with Crippen molar-refractivity contribution in [1.29, 1.82) is 0 Å². The lowest BCUT2D eigenvalue weighted by atomic mass is 9.64. The van der Waals surface area contributed by atoms with E-state index in [1.165, 1.54) is 12.1 Å². The molecule has 37 heavy (non-hydrogen) atoms. The third-order valence-corrected chi connectivity index (χ3v) is 8.58. The molecule has 4 rings (SSSR count). The van der Waals surface area contributed by atoms with Crippen molar-refractivity contribution in [2.75, 3.05) is 26.8 Å². The molecule has 1 aliphatic carbocycles. The van der Waals surface area contributed by atoms with E-state index in [4.69, 9.17) is 13.7 Å². The number of ether oxygens (including phenoxy) is 2. The van der Waals surface area contributed by atoms with Crippen LogP contribution in [-0.2, 0) is 24.6 Å². The molecule has 8 nitrogen and oxygen atoms in total. The fourth-order valence-electron chi connectivity index (χ4n) is 5.63. The molecule has 1 N–H and O–H groups in total. The highest BCUT2D eigenvalue weighted by atomic mass is 32.2. The van der Waals surface area contributed by atoms with Crippen LogP contribution < -0.4 is 4.74 Å². The van der Waals surface area contributed by atoms with Crippen LogP contribution in [0, 0.1) is 24.7 Å². The average molecular weight is 532 g/mol. The first-order chi connectivity index (χ1) is 17.3. The summed E-state index contributed by atoms with van der Waals surface area (Å²) in [4.78, 5) is 14.6. The van der Waals surface area contributed by atoms with Gasteiger partial charge >= 0.3 is 6.09 Å². The zero-order valence-electron chi connectivity index (χ0n) is 22.1. The Morgan fingerprint density at radius 3 is 2.43 bits per heavy atom. The molecule has 1 amide bonds. The first-order valence-electron chi connectivity index (χ1n) is 12.6. The van der Waals surface area contributed by atoms with Gasteiger partial charge in [0.05, 0.1) is 24.2 Å². The molecule has 1 saturated carbocycles. The van der Waals surface area contributed by atoms with Crippen LogP contribution in [0.4, 0.5) is 4.79 Å². The van der Waals surface area contributed by atoms with Crippen LogP contribution in [0.2, 0.25) is 0 Å². The maximum absolute atomic E-state index is 12.9. The van der Waals surface area contributed by atoms with Crippen LogP contribution in [0.25, 0.3) is 0 Å². The topological polar surface area (TPSA) is 102 Å². The second-order valence-electron chi connectivity index (χ2n) is 11.2. The summed E-state index contributed by atoms with van der Waals surface area (Å²) in [6.45, 7) is 8.03. The summed E-state index contributed by atoms with van der Waals surface area (Å²) in [6.07, 6.45) is 0.476. The summed E-state index contributed by atoms with van der Waals surface area (Å²) >= 11 is 0. The number of carbonyl (C=O) groups excluding carboxylic acids is 1. The zero-order valence-corrected chi connectivity index (χ0v) is 23.0. The summed E-state index contributed by atoms with van der Waals surface area (Å²) < 4.78 is 42.4. The van der Waals surface area contributed by atoms with Gasteiger partial charge in [-0.15, -0.1) is 0 Å². The number of nitrogens with zero attached hydrogens (tertiary/aromatic N) is 1. The number of likely N-dealkylation sites (tertiary alicyclic amines) is 1. The van der Waals surface area contributed by atoms with E-state index >= 15 is 0 Å². The monoisotopic (exact) mass is 531 g/mol. The lowest BCUT2D eigenvalue weighted by molar-refractivity contribution is -0.0902. The van der Waals surface area contributed by atoms with Crippen LogP contribution in [-0.4, -0.2) is 56.9 Å². The number of amides is 1. The second-order valence-corrected chi connectivity index (χ2v) is 12.8. The summed E-state index contributed by atoms with van der Waals surface area (Å²) in [5, 5.41) is 12.2. The predicted molar refractivity (Wildman–Crippen MR) is 139 cm³/mol. The van der Waals surface area contributed by atoms with Crippen LogP contribution in [0.3, 0.4) is 0 Å². The fraction of sp³-hybridized carbons (Fsp3) is 0.536. The normalized spacial score (nSPS) is 26.0. The van der Waals surface area contributed by atoms with E-state index in [0.29, 0.717) is 30.8 Å². The number of hydrogen-bond acceptors (Lipinski definition) is 7. The Morgan fingerprint density at radius 2 is 1.78 bits per heavy atom. The molecule has 1 saturated heterocycles. The van der Waals surface area contributed by atoms with Crippen molar-refractivity contribution in [3.63, 3.8) is 0 Å². The molecule has 202 valence electrons. The quantitative estimate of drug-likeness (QED) is 0.548. The molecule has 0 spiro atoms. The SMILES string of the molecule is COc1ccccc1C1(O)CC(COS(=O)(=O)c2ccc(C)cc2)CC2CN(C(=O)OC(C)(C)C)CC21. The molecule has 9 heteroatoms. The summed E-state index contributed by atoms with van der Waals surface area (Å²) in [5.74, 6) is -0.0311. The fourth-order valence-corrected chi connectivity index (χ4v) is 6.60. The number of rotatable bonds is 6. The lowest BCUT2D eigenvalue weighted by Gasteiger charge is -2.45. The highest BCUT2D eigenvalue weighted by Crippen LogP contribution is 2.52. The number of hydrogen-bond donors (Lipinski definition) is 1. The third-order valence-electron chi connectivity index (χ3n) is 7.28. The van der Waals surface area contributed by atoms with E-state index in [1.54, 1.807) is 30.2 Å². The highest BCUT2D eigenvalue weighted by molar-refractivity contribution is 7.86. The Hall–Kier alpha value is -2.62. The van der Waals surface area contributed by atoms with Gasteiger partial charge in [-0.3, -0.25) is 4.18 Å². The maximum atomic E-state index is 12.9. The molecule has 2 aromatic carbocycles. The van der Waals surface area contributed by atoms with Crippen molar-refractivity contribution >= 4 is 16.2 Å². The van der Waals surface area contributed by atoms with Crippen LogP contribution >= 0.6 is 0 Å². The molecule has 0 bridgehead atoms.